The van der Waals surface area contributed by atoms with Crippen molar-refractivity contribution in [3.05, 3.63) is 94.7 Å². The second kappa shape index (κ2) is 8.86. The fourth-order valence-corrected chi connectivity index (χ4v) is 6.03. The van der Waals surface area contributed by atoms with Crippen molar-refractivity contribution in [2.75, 3.05) is 17.2 Å². The number of aryl methyl sites for hydroxylation is 1. The molecule has 4 N–H and O–H groups in total. The summed E-state index contributed by atoms with van der Waals surface area (Å²) < 4.78 is 6.43. The first-order valence-corrected chi connectivity index (χ1v) is 12.6. The number of allylic oxidation sites excluding steroid dienone is 4. The summed E-state index contributed by atoms with van der Waals surface area (Å²) in [6.45, 7) is 7.83. The van der Waals surface area contributed by atoms with Gasteiger partial charge in [-0.1, -0.05) is 50.3 Å². The lowest BCUT2D eigenvalue weighted by Crippen LogP contribution is -3.00. The Labute approximate surface area is 218 Å². The van der Waals surface area contributed by atoms with Crippen molar-refractivity contribution in [2.24, 2.45) is 0 Å². The maximum absolute atomic E-state index is 6.43. The third-order valence-corrected chi connectivity index (χ3v) is 7.78. The topological polar surface area (TPSA) is 68.0 Å². The zero-order valence-electron chi connectivity index (χ0n) is 21.1. The molecule has 0 aromatic heterocycles. The minimum absolute atomic E-state index is 0. The molecule has 0 spiro atoms. The van der Waals surface area contributed by atoms with Crippen molar-refractivity contribution in [3.63, 3.8) is 0 Å². The van der Waals surface area contributed by atoms with Gasteiger partial charge in [-0.15, -0.1) is 0 Å². The van der Waals surface area contributed by atoms with Crippen LogP contribution in [0.3, 0.4) is 0 Å². The van der Waals surface area contributed by atoms with Gasteiger partial charge in [0, 0.05) is 35.0 Å². The minimum Gasteiger partial charge on any atom is -1.00 e. The Morgan fingerprint density at radius 3 is 2.64 bits per heavy atom. The van der Waals surface area contributed by atoms with Crippen molar-refractivity contribution >= 4 is 27.7 Å². The predicted molar refractivity (Wildman–Crippen MR) is 144 cm³/mol. The fourth-order valence-electron chi connectivity index (χ4n) is 6.03. The summed E-state index contributed by atoms with van der Waals surface area (Å²) in [5, 5.41) is 9.25. The van der Waals surface area contributed by atoms with Crippen LogP contribution in [0.4, 0.5) is 11.4 Å². The summed E-state index contributed by atoms with van der Waals surface area (Å²) in [4.78, 5) is 2.46. The number of hydrogen-bond donors (Lipinski definition) is 2. The van der Waals surface area contributed by atoms with Crippen LogP contribution in [0.15, 0.2) is 76.9 Å². The molecule has 2 aromatic carbocycles. The SMILES string of the molecule is CCN1/C(=C\C=C2/CCCc3cc4ccc(=[NH2+])c(N)c-4oc32)C(C)(C)c2c1ccc1ccccc21.[Cl-]. The molecule has 6 rings (SSSR count). The van der Waals surface area contributed by atoms with Gasteiger partial charge in [-0.3, -0.25) is 5.41 Å². The number of hydrogen-bond acceptors (Lipinski definition) is 3. The van der Waals surface area contributed by atoms with Crippen molar-refractivity contribution in [3.8, 4) is 11.3 Å². The van der Waals surface area contributed by atoms with Crippen LogP contribution in [-0.2, 0) is 11.8 Å². The van der Waals surface area contributed by atoms with E-state index in [9.17, 15) is 0 Å². The quantitative estimate of drug-likeness (QED) is 0.417. The van der Waals surface area contributed by atoms with E-state index in [-0.39, 0.29) is 17.8 Å². The second-order valence-corrected chi connectivity index (χ2v) is 10.2. The summed E-state index contributed by atoms with van der Waals surface area (Å²) in [5.41, 5.74) is 14.2. The summed E-state index contributed by atoms with van der Waals surface area (Å²) in [6, 6.07) is 19.3. The van der Waals surface area contributed by atoms with Gasteiger partial charge >= 0.3 is 0 Å². The van der Waals surface area contributed by atoms with Crippen LogP contribution >= 0.6 is 0 Å². The highest BCUT2D eigenvalue weighted by Crippen LogP contribution is 2.50. The van der Waals surface area contributed by atoms with E-state index in [0.717, 1.165) is 37.1 Å². The van der Waals surface area contributed by atoms with Gasteiger partial charge in [0.2, 0.25) is 5.36 Å². The Bertz CT molecular complexity index is 1580. The van der Waals surface area contributed by atoms with Crippen LogP contribution in [0.1, 0.15) is 50.5 Å². The van der Waals surface area contributed by atoms with Gasteiger partial charge in [-0.25, -0.2) is 0 Å². The maximum Gasteiger partial charge on any atom is 0.223 e. The molecule has 36 heavy (non-hydrogen) atoms. The van der Waals surface area contributed by atoms with Gasteiger partial charge in [-0.05, 0) is 77.9 Å². The van der Waals surface area contributed by atoms with Crippen LogP contribution in [0.5, 0.6) is 0 Å². The van der Waals surface area contributed by atoms with Crippen LogP contribution in [0.2, 0.25) is 0 Å². The molecule has 2 heterocycles. The van der Waals surface area contributed by atoms with Crippen molar-refractivity contribution in [1.29, 1.82) is 0 Å². The molecule has 0 unspecified atom stereocenters. The largest absolute Gasteiger partial charge is 1.00 e. The van der Waals surface area contributed by atoms with Gasteiger partial charge in [0.1, 0.15) is 11.4 Å². The first-order valence-electron chi connectivity index (χ1n) is 12.6. The first-order chi connectivity index (χ1) is 16.9. The Morgan fingerprint density at radius 2 is 1.83 bits per heavy atom. The number of nitrogens with two attached hydrogens (primary N) is 2. The molecular weight excluding hydrogens is 466 g/mol. The van der Waals surface area contributed by atoms with Gasteiger partial charge in [0.15, 0.2) is 5.76 Å². The standard InChI is InChI=1S/C31H31N3O.ClH/c1-4-34-25-16-13-19-8-5-6-11-23(19)27(25)31(2,3)26(34)17-14-20-9-7-10-21-18-22-12-15-24(32)28(33)30(22)35-29(20)21;/h5-6,8,11-18,32H,4,7,9-10,33H2,1-3H3;1H/b20-14+,26-17-,32-24?;. The second-order valence-electron chi connectivity index (χ2n) is 10.2. The van der Waals surface area contributed by atoms with E-state index in [4.69, 9.17) is 15.6 Å². The van der Waals surface area contributed by atoms with E-state index in [0.29, 0.717) is 16.8 Å². The van der Waals surface area contributed by atoms with Gasteiger partial charge < -0.3 is 27.5 Å². The molecule has 0 saturated heterocycles. The van der Waals surface area contributed by atoms with Crippen molar-refractivity contribution < 1.29 is 22.2 Å². The molecule has 0 saturated carbocycles. The summed E-state index contributed by atoms with van der Waals surface area (Å²) in [5.74, 6) is 1.62. The number of likely N-dealkylation sites (N-methyl/N-ethyl adjacent to an activating group) is 1. The maximum atomic E-state index is 6.43. The molecule has 0 bridgehead atoms. The molecule has 5 heteroatoms. The molecule has 0 atom stereocenters. The Hall–Kier alpha value is -3.50. The van der Waals surface area contributed by atoms with Gasteiger partial charge in [0.25, 0.3) is 0 Å². The average Bonchev–Trinajstić information content (AvgIpc) is 3.09. The normalized spacial score (nSPS) is 18.5. The van der Waals surface area contributed by atoms with E-state index in [1.807, 2.05) is 12.1 Å². The molecule has 4 nitrogen and oxygen atoms in total. The number of fused-ring (bicyclic) bond motifs is 5. The molecule has 0 fully saturated rings. The zero-order chi connectivity index (χ0) is 24.3. The Kier molecular flexibility index (Phi) is 5.96. The highest BCUT2D eigenvalue weighted by atomic mass is 35.5. The molecule has 2 aromatic rings. The van der Waals surface area contributed by atoms with E-state index in [2.05, 4.69) is 80.3 Å². The molecular formula is C31H32ClN3O. The lowest BCUT2D eigenvalue weighted by atomic mass is 9.81. The molecule has 2 aliphatic carbocycles. The number of nitrogens with zero attached hydrogens (tertiary/aromatic N) is 1. The summed E-state index contributed by atoms with van der Waals surface area (Å²) in [6.07, 6.45) is 7.68. The first kappa shape index (κ1) is 24.2. The van der Waals surface area contributed by atoms with Crippen LogP contribution in [0, 0.1) is 0 Å². The van der Waals surface area contributed by atoms with E-state index in [1.54, 1.807) is 0 Å². The van der Waals surface area contributed by atoms with E-state index >= 15 is 0 Å². The highest BCUT2D eigenvalue weighted by Gasteiger charge is 2.40. The minimum atomic E-state index is -0.111. The average molecular weight is 498 g/mol. The smallest absolute Gasteiger partial charge is 0.223 e. The lowest BCUT2D eigenvalue weighted by molar-refractivity contribution is -0.171. The Balaban J connectivity index is 0.00000267. The van der Waals surface area contributed by atoms with E-state index < -0.39 is 0 Å². The van der Waals surface area contributed by atoms with Crippen LogP contribution in [0.25, 0.3) is 27.7 Å². The van der Waals surface area contributed by atoms with Gasteiger partial charge in [-0.2, -0.15) is 0 Å². The number of rotatable bonds is 2. The third kappa shape index (κ3) is 3.55. The lowest BCUT2D eigenvalue weighted by Gasteiger charge is -2.26. The van der Waals surface area contributed by atoms with E-state index in [1.165, 1.54) is 38.9 Å². The zero-order valence-corrected chi connectivity index (χ0v) is 21.8. The number of halogens is 1. The molecule has 0 amide bonds. The van der Waals surface area contributed by atoms with Crippen LogP contribution in [-0.4, -0.2) is 6.54 Å². The Morgan fingerprint density at radius 1 is 1.03 bits per heavy atom. The monoisotopic (exact) mass is 497 g/mol. The van der Waals surface area contributed by atoms with Crippen LogP contribution < -0.4 is 33.8 Å². The predicted octanol–water partition coefficient (Wildman–Crippen LogP) is 2.20. The number of benzene rings is 3. The highest BCUT2D eigenvalue weighted by molar-refractivity contribution is 5.95. The molecule has 2 aliphatic heterocycles. The van der Waals surface area contributed by atoms with Gasteiger partial charge in [0.05, 0.1) is 0 Å². The fraction of sp³-hybridized carbons (Fsp3) is 0.258. The summed E-state index contributed by atoms with van der Waals surface area (Å²) in [7, 11) is 0. The molecule has 0 radical (unpaired) electrons. The van der Waals surface area contributed by atoms with Crippen molar-refractivity contribution in [2.45, 2.75) is 45.4 Å². The van der Waals surface area contributed by atoms with Crippen molar-refractivity contribution in [1.82, 2.24) is 0 Å². The summed E-state index contributed by atoms with van der Waals surface area (Å²) >= 11 is 0. The third-order valence-electron chi connectivity index (χ3n) is 7.78. The number of anilines is 2. The molecule has 184 valence electrons. The molecule has 4 aliphatic rings. The number of nitrogen functional groups attached to an aromatic ring is 1.